The predicted octanol–water partition coefficient (Wildman–Crippen LogP) is 3.95. The van der Waals surface area contributed by atoms with Crippen LogP contribution < -0.4 is 20.1 Å². The van der Waals surface area contributed by atoms with Crippen LogP contribution in [0.2, 0.25) is 5.02 Å². The van der Waals surface area contributed by atoms with Crippen molar-refractivity contribution in [3.8, 4) is 11.5 Å². The molecule has 1 saturated heterocycles. The SMILES string of the molecule is COc1cc2c(Nc3cccc(Cl)c3F)ncnc2cc1OC1CNC1.Cl. The number of hydrogen-bond acceptors (Lipinski definition) is 6. The highest BCUT2D eigenvalue weighted by molar-refractivity contribution is 6.31. The first kappa shape index (κ1) is 19.4. The first-order valence-corrected chi connectivity index (χ1v) is 8.44. The summed E-state index contributed by atoms with van der Waals surface area (Å²) >= 11 is 5.85. The Balaban J connectivity index is 0.00000210. The molecule has 0 radical (unpaired) electrons. The van der Waals surface area contributed by atoms with E-state index >= 15 is 0 Å². The van der Waals surface area contributed by atoms with Gasteiger partial charge in [-0.05, 0) is 18.2 Å². The second-order valence-electron chi connectivity index (χ2n) is 5.87. The number of methoxy groups -OCH3 is 1. The van der Waals surface area contributed by atoms with Crippen LogP contribution in [0.15, 0.2) is 36.7 Å². The first-order chi connectivity index (χ1) is 12.7. The van der Waals surface area contributed by atoms with Gasteiger partial charge in [0.15, 0.2) is 17.3 Å². The number of ether oxygens (including phenoxy) is 2. The molecule has 1 aliphatic heterocycles. The van der Waals surface area contributed by atoms with E-state index in [1.54, 1.807) is 31.4 Å². The number of benzene rings is 2. The van der Waals surface area contributed by atoms with E-state index < -0.39 is 5.82 Å². The molecule has 4 rings (SSSR count). The Kier molecular flexibility index (Phi) is 5.84. The number of halogens is 3. The van der Waals surface area contributed by atoms with Gasteiger partial charge in [0.25, 0.3) is 0 Å². The molecule has 1 fully saturated rings. The van der Waals surface area contributed by atoms with Crippen molar-refractivity contribution in [1.29, 1.82) is 0 Å². The largest absolute Gasteiger partial charge is 0.493 e. The van der Waals surface area contributed by atoms with E-state index in [1.165, 1.54) is 12.4 Å². The molecule has 2 aromatic carbocycles. The maximum absolute atomic E-state index is 14.2. The Labute approximate surface area is 166 Å². The molecule has 0 saturated carbocycles. The van der Waals surface area contributed by atoms with E-state index in [9.17, 15) is 4.39 Å². The van der Waals surface area contributed by atoms with Crippen molar-refractivity contribution in [2.45, 2.75) is 6.10 Å². The van der Waals surface area contributed by atoms with Crippen molar-refractivity contribution in [2.75, 3.05) is 25.5 Å². The fourth-order valence-corrected chi connectivity index (χ4v) is 2.84. The van der Waals surface area contributed by atoms with Crippen molar-refractivity contribution < 1.29 is 13.9 Å². The summed E-state index contributed by atoms with van der Waals surface area (Å²) in [5.41, 5.74) is 0.894. The van der Waals surface area contributed by atoms with E-state index in [4.69, 9.17) is 21.1 Å². The molecule has 0 aliphatic carbocycles. The number of anilines is 2. The van der Waals surface area contributed by atoms with Gasteiger partial charge >= 0.3 is 0 Å². The monoisotopic (exact) mass is 410 g/mol. The van der Waals surface area contributed by atoms with Crippen LogP contribution in [0.25, 0.3) is 10.9 Å². The molecule has 0 unspecified atom stereocenters. The molecule has 1 aromatic heterocycles. The molecular weight excluding hydrogens is 394 g/mol. The molecule has 1 aliphatic rings. The van der Waals surface area contributed by atoms with E-state index in [2.05, 4.69) is 20.6 Å². The minimum absolute atomic E-state index is 0. The lowest BCUT2D eigenvalue weighted by Gasteiger charge is -2.28. The van der Waals surface area contributed by atoms with Crippen LogP contribution in [0.4, 0.5) is 15.9 Å². The zero-order valence-electron chi connectivity index (χ0n) is 14.3. The highest BCUT2D eigenvalue weighted by atomic mass is 35.5. The summed E-state index contributed by atoms with van der Waals surface area (Å²) < 4.78 is 25.6. The number of nitrogens with zero attached hydrogens (tertiary/aromatic N) is 2. The van der Waals surface area contributed by atoms with Gasteiger partial charge in [-0.2, -0.15) is 0 Å². The van der Waals surface area contributed by atoms with Crippen LogP contribution in [-0.2, 0) is 0 Å². The van der Waals surface area contributed by atoms with Crippen molar-refractivity contribution in [1.82, 2.24) is 15.3 Å². The summed E-state index contributed by atoms with van der Waals surface area (Å²) in [5.74, 6) is 1.09. The van der Waals surface area contributed by atoms with Crippen LogP contribution in [0.1, 0.15) is 0 Å². The molecule has 0 bridgehead atoms. The topological polar surface area (TPSA) is 68.3 Å². The van der Waals surface area contributed by atoms with Crippen molar-refractivity contribution in [3.05, 3.63) is 47.5 Å². The third-order valence-electron chi connectivity index (χ3n) is 4.16. The Bertz CT molecular complexity index is 969. The summed E-state index contributed by atoms with van der Waals surface area (Å²) in [7, 11) is 1.57. The van der Waals surface area contributed by atoms with Crippen molar-refractivity contribution in [3.63, 3.8) is 0 Å². The third kappa shape index (κ3) is 3.85. The normalized spacial score (nSPS) is 13.6. The number of hydrogen-bond donors (Lipinski definition) is 2. The van der Waals surface area contributed by atoms with E-state index in [0.29, 0.717) is 28.2 Å². The number of aromatic nitrogens is 2. The summed E-state index contributed by atoms with van der Waals surface area (Å²) in [6.45, 7) is 1.59. The Morgan fingerprint density at radius 1 is 1.22 bits per heavy atom. The highest BCUT2D eigenvalue weighted by Crippen LogP contribution is 2.36. The lowest BCUT2D eigenvalue weighted by Crippen LogP contribution is -2.50. The first-order valence-electron chi connectivity index (χ1n) is 8.07. The van der Waals surface area contributed by atoms with Crippen LogP contribution >= 0.6 is 24.0 Å². The Hall–Kier alpha value is -2.35. The lowest BCUT2D eigenvalue weighted by molar-refractivity contribution is 0.137. The van der Waals surface area contributed by atoms with Gasteiger partial charge in [0.1, 0.15) is 18.2 Å². The maximum atomic E-state index is 14.2. The molecule has 0 spiro atoms. The van der Waals surface area contributed by atoms with Crippen LogP contribution in [0.5, 0.6) is 11.5 Å². The van der Waals surface area contributed by atoms with Gasteiger partial charge in [-0.1, -0.05) is 17.7 Å². The van der Waals surface area contributed by atoms with Gasteiger partial charge in [0.05, 0.1) is 23.3 Å². The van der Waals surface area contributed by atoms with Crippen molar-refractivity contribution in [2.24, 2.45) is 0 Å². The van der Waals surface area contributed by atoms with Gasteiger partial charge in [-0.15, -0.1) is 12.4 Å². The number of nitrogens with one attached hydrogen (secondary N) is 2. The molecule has 27 heavy (non-hydrogen) atoms. The fraction of sp³-hybridized carbons (Fsp3) is 0.222. The summed E-state index contributed by atoms with van der Waals surface area (Å²) in [5, 5.41) is 6.85. The standard InChI is InChI=1S/C18H16ClFN4O2.ClH/c1-25-15-5-11-14(6-16(15)26-10-7-21-8-10)22-9-23-18(11)24-13-4-2-3-12(19)17(13)20;/h2-6,9-10,21H,7-8H2,1H3,(H,22,23,24);1H. The molecule has 6 nitrogen and oxygen atoms in total. The highest BCUT2D eigenvalue weighted by Gasteiger charge is 2.21. The fourth-order valence-electron chi connectivity index (χ4n) is 2.67. The maximum Gasteiger partial charge on any atom is 0.165 e. The molecule has 9 heteroatoms. The Morgan fingerprint density at radius 2 is 2.04 bits per heavy atom. The second-order valence-corrected chi connectivity index (χ2v) is 6.27. The quantitative estimate of drug-likeness (QED) is 0.663. The van der Waals surface area contributed by atoms with Crippen molar-refractivity contribution >= 4 is 46.4 Å². The molecular formula is C18H17Cl2FN4O2. The van der Waals surface area contributed by atoms with Gasteiger partial charge in [0, 0.05) is 24.5 Å². The average molecular weight is 411 g/mol. The van der Waals surface area contributed by atoms with Crippen LogP contribution in [0, 0.1) is 5.82 Å². The number of rotatable bonds is 5. The van der Waals surface area contributed by atoms with E-state index in [-0.39, 0.29) is 29.2 Å². The molecule has 0 atom stereocenters. The molecule has 142 valence electrons. The minimum atomic E-state index is -0.537. The zero-order valence-corrected chi connectivity index (χ0v) is 15.9. The summed E-state index contributed by atoms with van der Waals surface area (Å²) in [6.07, 6.45) is 1.52. The van der Waals surface area contributed by atoms with Gasteiger partial charge < -0.3 is 20.1 Å². The second kappa shape index (κ2) is 8.12. The lowest BCUT2D eigenvalue weighted by atomic mass is 10.2. The predicted molar refractivity (Wildman–Crippen MR) is 105 cm³/mol. The third-order valence-corrected chi connectivity index (χ3v) is 4.45. The van der Waals surface area contributed by atoms with Gasteiger partial charge in [-0.25, -0.2) is 14.4 Å². The zero-order chi connectivity index (χ0) is 18.1. The van der Waals surface area contributed by atoms with E-state index in [1.807, 2.05) is 0 Å². The molecule has 3 aromatic rings. The smallest absolute Gasteiger partial charge is 0.165 e. The minimum Gasteiger partial charge on any atom is -0.493 e. The molecule has 2 heterocycles. The Morgan fingerprint density at radius 3 is 2.74 bits per heavy atom. The number of fused-ring (bicyclic) bond motifs is 1. The molecule has 2 N–H and O–H groups in total. The van der Waals surface area contributed by atoms with Gasteiger partial charge in [-0.3, -0.25) is 0 Å². The van der Waals surface area contributed by atoms with E-state index in [0.717, 1.165) is 13.1 Å². The van der Waals surface area contributed by atoms with Crippen LogP contribution in [0.3, 0.4) is 0 Å². The summed E-state index contributed by atoms with van der Waals surface area (Å²) in [6, 6.07) is 8.32. The summed E-state index contributed by atoms with van der Waals surface area (Å²) in [4.78, 5) is 8.52. The molecule has 0 amide bonds. The van der Waals surface area contributed by atoms with Gasteiger partial charge in [0.2, 0.25) is 0 Å². The van der Waals surface area contributed by atoms with Crippen LogP contribution in [-0.4, -0.2) is 36.3 Å². The average Bonchev–Trinajstić information content (AvgIpc) is 2.61.